The van der Waals surface area contributed by atoms with Crippen LogP contribution in [0.5, 0.6) is 0 Å². The Labute approximate surface area is 101 Å². The van der Waals surface area contributed by atoms with Crippen molar-refractivity contribution in [1.82, 2.24) is 25.1 Å². The zero-order valence-corrected chi connectivity index (χ0v) is 10.4. The summed E-state index contributed by atoms with van der Waals surface area (Å²) in [5.41, 5.74) is 1.16. The van der Waals surface area contributed by atoms with Crippen LogP contribution < -0.4 is 5.32 Å². The second kappa shape index (κ2) is 4.63. The molecule has 0 radical (unpaired) electrons. The van der Waals surface area contributed by atoms with Crippen molar-refractivity contribution in [3.05, 3.63) is 36.4 Å². The number of nitrogens with zero attached hydrogens (tertiary/aromatic N) is 4. The maximum atomic E-state index is 4.27. The van der Waals surface area contributed by atoms with Crippen LogP contribution in [-0.2, 0) is 6.54 Å². The topological polar surface area (TPSA) is 55.6 Å². The maximum Gasteiger partial charge on any atom is 0.250 e. The molecule has 0 saturated heterocycles. The van der Waals surface area contributed by atoms with Gasteiger partial charge in [0.2, 0.25) is 5.95 Å². The molecule has 0 aliphatic carbocycles. The molecule has 1 N–H and O–H groups in total. The van der Waals surface area contributed by atoms with Gasteiger partial charge in [0.15, 0.2) is 0 Å². The fourth-order valence-electron chi connectivity index (χ4n) is 1.31. The molecule has 2 aromatic rings. The summed E-state index contributed by atoms with van der Waals surface area (Å²) in [6.07, 6.45) is 7.17. The van der Waals surface area contributed by atoms with Crippen LogP contribution in [0.3, 0.4) is 0 Å². The van der Waals surface area contributed by atoms with Crippen LogP contribution in [0, 0.1) is 0 Å². The van der Waals surface area contributed by atoms with Crippen molar-refractivity contribution in [2.24, 2.45) is 0 Å². The Bertz CT molecular complexity index is 453. The normalized spacial score (nSPS) is 11.7. The molecule has 0 amide bonds. The van der Waals surface area contributed by atoms with Crippen molar-refractivity contribution in [2.75, 3.05) is 0 Å². The van der Waals surface area contributed by atoms with Crippen molar-refractivity contribution >= 4 is 0 Å². The molecule has 0 aliphatic rings. The van der Waals surface area contributed by atoms with Crippen LogP contribution in [0.25, 0.3) is 5.95 Å². The molecule has 90 valence electrons. The molecular weight excluding hydrogens is 214 g/mol. The predicted octanol–water partition coefficient (Wildman–Crippen LogP) is 1.55. The van der Waals surface area contributed by atoms with Crippen molar-refractivity contribution in [3.63, 3.8) is 0 Å². The summed E-state index contributed by atoms with van der Waals surface area (Å²) in [6, 6.07) is 1.85. The zero-order chi connectivity index (χ0) is 12.3. The summed E-state index contributed by atoms with van der Waals surface area (Å²) in [4.78, 5) is 8.54. The van der Waals surface area contributed by atoms with Crippen LogP contribution in [0.4, 0.5) is 0 Å². The summed E-state index contributed by atoms with van der Waals surface area (Å²) in [6.45, 7) is 7.16. The number of aromatic nitrogens is 4. The van der Waals surface area contributed by atoms with Gasteiger partial charge in [0, 0.05) is 42.4 Å². The quantitative estimate of drug-likeness (QED) is 0.870. The van der Waals surface area contributed by atoms with Gasteiger partial charge in [-0.25, -0.2) is 14.6 Å². The Morgan fingerprint density at radius 1 is 1.24 bits per heavy atom. The summed E-state index contributed by atoms with van der Waals surface area (Å²) >= 11 is 0. The second-order valence-electron chi connectivity index (χ2n) is 4.95. The molecule has 0 aliphatic heterocycles. The van der Waals surface area contributed by atoms with Crippen molar-refractivity contribution in [3.8, 4) is 5.95 Å². The molecule has 2 heterocycles. The second-order valence-corrected chi connectivity index (χ2v) is 4.95. The Morgan fingerprint density at radius 2 is 1.94 bits per heavy atom. The molecule has 0 fully saturated rings. The fraction of sp³-hybridized carbons (Fsp3) is 0.417. The summed E-state index contributed by atoms with van der Waals surface area (Å²) in [5.74, 6) is 0.592. The molecule has 5 heteroatoms. The van der Waals surface area contributed by atoms with Gasteiger partial charge < -0.3 is 5.32 Å². The van der Waals surface area contributed by atoms with E-state index in [1.807, 2.05) is 24.7 Å². The number of hydrogen-bond donors (Lipinski definition) is 1. The average Bonchev–Trinajstić information content (AvgIpc) is 2.79. The first-order chi connectivity index (χ1) is 8.04. The van der Waals surface area contributed by atoms with Crippen molar-refractivity contribution in [1.29, 1.82) is 0 Å². The van der Waals surface area contributed by atoms with Crippen LogP contribution in [-0.4, -0.2) is 25.3 Å². The van der Waals surface area contributed by atoms with Gasteiger partial charge in [0.05, 0.1) is 0 Å². The summed E-state index contributed by atoms with van der Waals surface area (Å²) in [5, 5.41) is 7.47. The Balaban J connectivity index is 2.04. The highest BCUT2D eigenvalue weighted by Gasteiger charge is 2.08. The first-order valence-electron chi connectivity index (χ1n) is 5.60. The molecule has 17 heavy (non-hydrogen) atoms. The Kier molecular flexibility index (Phi) is 3.19. The van der Waals surface area contributed by atoms with Gasteiger partial charge >= 0.3 is 0 Å². The maximum absolute atomic E-state index is 4.27. The molecule has 0 atom stereocenters. The molecule has 5 nitrogen and oxygen atoms in total. The third kappa shape index (κ3) is 3.35. The minimum Gasteiger partial charge on any atom is -0.308 e. The number of rotatable bonds is 3. The Hall–Kier alpha value is -1.75. The van der Waals surface area contributed by atoms with Gasteiger partial charge in [-0.05, 0) is 26.8 Å². The van der Waals surface area contributed by atoms with Crippen LogP contribution in [0.2, 0.25) is 0 Å². The largest absolute Gasteiger partial charge is 0.308 e. The third-order valence-corrected chi connectivity index (χ3v) is 2.22. The van der Waals surface area contributed by atoms with E-state index in [1.165, 1.54) is 0 Å². The van der Waals surface area contributed by atoms with E-state index in [9.17, 15) is 0 Å². The zero-order valence-electron chi connectivity index (χ0n) is 10.4. The minimum atomic E-state index is 0.0979. The van der Waals surface area contributed by atoms with Crippen molar-refractivity contribution < 1.29 is 0 Å². The standard InChI is InChI=1S/C12H17N5/c1-12(2,3)15-9-10-7-13-11(14-8-10)17-6-4-5-16-17/h4-8,15H,9H2,1-3H3. The van der Waals surface area contributed by atoms with E-state index in [-0.39, 0.29) is 5.54 Å². The first-order valence-corrected chi connectivity index (χ1v) is 5.60. The van der Waals surface area contributed by atoms with E-state index < -0.39 is 0 Å². The first kappa shape index (κ1) is 11.7. The lowest BCUT2D eigenvalue weighted by Crippen LogP contribution is -2.35. The highest BCUT2D eigenvalue weighted by atomic mass is 15.3. The van der Waals surface area contributed by atoms with E-state index in [4.69, 9.17) is 0 Å². The predicted molar refractivity (Wildman–Crippen MR) is 65.7 cm³/mol. The smallest absolute Gasteiger partial charge is 0.250 e. The lowest BCUT2D eigenvalue weighted by Gasteiger charge is -2.20. The highest BCUT2D eigenvalue weighted by Crippen LogP contribution is 2.04. The number of nitrogens with one attached hydrogen (secondary N) is 1. The molecule has 0 aromatic carbocycles. The molecular formula is C12H17N5. The fourth-order valence-corrected chi connectivity index (χ4v) is 1.31. The van der Waals surface area contributed by atoms with Crippen molar-refractivity contribution in [2.45, 2.75) is 32.9 Å². The van der Waals surface area contributed by atoms with Gasteiger partial charge in [-0.1, -0.05) is 0 Å². The molecule has 2 aromatic heterocycles. The Morgan fingerprint density at radius 3 is 2.47 bits per heavy atom. The minimum absolute atomic E-state index is 0.0979. The van der Waals surface area contributed by atoms with Gasteiger partial charge in [0.25, 0.3) is 0 Å². The molecule has 0 saturated carbocycles. The van der Waals surface area contributed by atoms with Crippen LogP contribution >= 0.6 is 0 Å². The SMILES string of the molecule is CC(C)(C)NCc1cnc(-n2cccn2)nc1. The van der Waals surface area contributed by atoms with Gasteiger partial charge in [-0.2, -0.15) is 5.10 Å². The lowest BCUT2D eigenvalue weighted by molar-refractivity contribution is 0.423. The monoisotopic (exact) mass is 231 g/mol. The lowest BCUT2D eigenvalue weighted by atomic mass is 10.1. The highest BCUT2D eigenvalue weighted by molar-refractivity contribution is 5.13. The van der Waals surface area contributed by atoms with Gasteiger partial charge in [-0.15, -0.1) is 0 Å². The molecule has 0 spiro atoms. The summed E-state index contributed by atoms with van der Waals surface area (Å²) < 4.78 is 1.64. The van der Waals surface area contributed by atoms with Crippen LogP contribution in [0.15, 0.2) is 30.9 Å². The van der Waals surface area contributed by atoms with E-state index in [2.05, 4.69) is 41.2 Å². The van der Waals surface area contributed by atoms with Crippen LogP contribution in [0.1, 0.15) is 26.3 Å². The molecule has 0 bridgehead atoms. The van der Waals surface area contributed by atoms with E-state index >= 15 is 0 Å². The molecule has 2 rings (SSSR count). The van der Waals surface area contributed by atoms with Gasteiger partial charge in [-0.3, -0.25) is 0 Å². The number of hydrogen-bond acceptors (Lipinski definition) is 4. The van der Waals surface area contributed by atoms with E-state index in [1.54, 1.807) is 10.9 Å². The third-order valence-electron chi connectivity index (χ3n) is 2.22. The average molecular weight is 231 g/mol. The van der Waals surface area contributed by atoms with E-state index in [0.29, 0.717) is 5.95 Å². The molecule has 0 unspecified atom stereocenters. The van der Waals surface area contributed by atoms with Gasteiger partial charge in [0.1, 0.15) is 0 Å². The van der Waals surface area contributed by atoms with E-state index in [0.717, 1.165) is 12.1 Å². The summed E-state index contributed by atoms with van der Waals surface area (Å²) in [7, 11) is 0.